The Balaban J connectivity index is 1.72. The van der Waals surface area contributed by atoms with Crippen molar-refractivity contribution in [3.8, 4) is 11.1 Å². The molecule has 1 aliphatic carbocycles. The number of primary amides is 2. The van der Waals surface area contributed by atoms with E-state index in [-0.39, 0.29) is 29.6 Å². The van der Waals surface area contributed by atoms with E-state index in [1.54, 1.807) is 12.1 Å². The summed E-state index contributed by atoms with van der Waals surface area (Å²) in [7, 11) is 0. The van der Waals surface area contributed by atoms with E-state index in [2.05, 4.69) is 10.0 Å². The molecular weight excluding hydrogens is 452 g/mol. The SMILES string of the molecule is CC(C)[C@H](NCc1cccc(-c2ccc(SNC(N)=O)c(C(N)=O)c2)c1)C(=O)OC1CCCC1. The second-order valence-electron chi connectivity index (χ2n) is 8.79. The van der Waals surface area contributed by atoms with Gasteiger partial charge in [0.2, 0.25) is 5.91 Å². The average molecular weight is 485 g/mol. The molecule has 1 saturated carbocycles. The zero-order valence-corrected chi connectivity index (χ0v) is 20.3. The zero-order valence-electron chi connectivity index (χ0n) is 19.5. The van der Waals surface area contributed by atoms with Crippen LogP contribution < -0.4 is 21.5 Å². The van der Waals surface area contributed by atoms with Gasteiger partial charge in [0.05, 0.1) is 5.56 Å². The molecule has 0 saturated heterocycles. The highest BCUT2D eigenvalue weighted by atomic mass is 32.2. The third kappa shape index (κ3) is 6.98. The first-order chi connectivity index (χ1) is 16.2. The molecular formula is C25H32N4O4S. The van der Waals surface area contributed by atoms with Gasteiger partial charge in [0, 0.05) is 11.4 Å². The maximum Gasteiger partial charge on any atom is 0.323 e. The second kappa shape index (κ2) is 11.9. The van der Waals surface area contributed by atoms with E-state index in [0.29, 0.717) is 11.4 Å². The first-order valence-corrected chi connectivity index (χ1v) is 12.3. The summed E-state index contributed by atoms with van der Waals surface area (Å²) in [6.07, 6.45) is 4.16. The summed E-state index contributed by atoms with van der Waals surface area (Å²) < 4.78 is 8.11. The molecule has 8 nitrogen and oxygen atoms in total. The fourth-order valence-electron chi connectivity index (χ4n) is 4.02. The van der Waals surface area contributed by atoms with Crippen LogP contribution in [0.4, 0.5) is 4.79 Å². The molecule has 0 bridgehead atoms. The van der Waals surface area contributed by atoms with E-state index in [4.69, 9.17) is 16.2 Å². The summed E-state index contributed by atoms with van der Waals surface area (Å²) >= 11 is 0.939. The molecule has 1 atom stereocenters. The largest absolute Gasteiger partial charge is 0.461 e. The molecule has 1 aliphatic rings. The van der Waals surface area contributed by atoms with Gasteiger partial charge in [0.15, 0.2) is 0 Å². The lowest BCUT2D eigenvalue weighted by molar-refractivity contribution is -0.152. The van der Waals surface area contributed by atoms with Gasteiger partial charge >= 0.3 is 12.0 Å². The minimum absolute atomic E-state index is 0.0395. The van der Waals surface area contributed by atoms with Crippen LogP contribution >= 0.6 is 11.9 Å². The van der Waals surface area contributed by atoms with Crippen LogP contribution in [-0.2, 0) is 16.1 Å². The van der Waals surface area contributed by atoms with Crippen LogP contribution in [0.15, 0.2) is 47.4 Å². The van der Waals surface area contributed by atoms with Crippen LogP contribution in [0.5, 0.6) is 0 Å². The maximum atomic E-state index is 12.7. The van der Waals surface area contributed by atoms with Crippen molar-refractivity contribution in [1.82, 2.24) is 10.0 Å². The number of urea groups is 1. The molecule has 3 amide bonds. The van der Waals surface area contributed by atoms with Crippen molar-refractivity contribution >= 4 is 29.9 Å². The number of benzene rings is 2. The van der Waals surface area contributed by atoms with Gasteiger partial charge < -0.3 is 21.5 Å². The molecule has 6 N–H and O–H groups in total. The summed E-state index contributed by atoms with van der Waals surface area (Å²) in [6.45, 7) is 4.50. The van der Waals surface area contributed by atoms with Gasteiger partial charge in [0.25, 0.3) is 0 Å². The first-order valence-electron chi connectivity index (χ1n) is 11.4. The molecule has 3 rings (SSSR count). The van der Waals surface area contributed by atoms with Crippen LogP contribution in [0.2, 0.25) is 0 Å². The lowest BCUT2D eigenvalue weighted by Crippen LogP contribution is -2.42. The molecule has 0 heterocycles. The average Bonchev–Trinajstić information content (AvgIpc) is 3.30. The van der Waals surface area contributed by atoms with Crippen molar-refractivity contribution in [1.29, 1.82) is 0 Å². The van der Waals surface area contributed by atoms with E-state index in [1.165, 1.54) is 0 Å². The number of ether oxygens (including phenoxy) is 1. The lowest BCUT2D eigenvalue weighted by Gasteiger charge is -2.23. The highest BCUT2D eigenvalue weighted by molar-refractivity contribution is 7.98. The Hall–Kier alpha value is -3.04. The third-order valence-electron chi connectivity index (χ3n) is 5.80. The Morgan fingerprint density at radius 2 is 1.76 bits per heavy atom. The van der Waals surface area contributed by atoms with Crippen LogP contribution in [0, 0.1) is 5.92 Å². The van der Waals surface area contributed by atoms with Crippen LogP contribution in [0.25, 0.3) is 11.1 Å². The Kier molecular flexibility index (Phi) is 8.95. The van der Waals surface area contributed by atoms with Gasteiger partial charge in [-0.05, 0) is 78.4 Å². The number of hydrogen-bond acceptors (Lipinski definition) is 6. The van der Waals surface area contributed by atoms with E-state index in [9.17, 15) is 14.4 Å². The second-order valence-corrected chi connectivity index (χ2v) is 9.64. The lowest BCUT2D eigenvalue weighted by atomic mass is 10.00. The minimum Gasteiger partial charge on any atom is -0.461 e. The summed E-state index contributed by atoms with van der Waals surface area (Å²) in [5.74, 6) is -0.704. The standard InChI is InChI=1S/C25H32N4O4S/c1-15(2)22(24(31)33-19-8-3-4-9-19)28-14-16-6-5-7-17(12-16)18-10-11-21(34-29-25(27)32)20(13-18)23(26)30/h5-7,10-13,15,19,22,28H,3-4,8-9,14H2,1-2H3,(H2,26,30)(H3,27,29,32)/t22-/m0/s1. The van der Waals surface area contributed by atoms with E-state index in [0.717, 1.165) is 54.3 Å². The fraction of sp³-hybridized carbons (Fsp3) is 0.400. The Bertz CT molecular complexity index is 1040. The summed E-state index contributed by atoms with van der Waals surface area (Å²) in [5, 5.41) is 3.35. The first kappa shape index (κ1) is 25.6. The number of esters is 1. The molecule has 2 aromatic carbocycles. The molecule has 2 aromatic rings. The number of carbonyl (C=O) groups excluding carboxylic acids is 3. The van der Waals surface area contributed by atoms with Crippen molar-refractivity contribution < 1.29 is 19.1 Å². The van der Waals surface area contributed by atoms with E-state index in [1.807, 2.05) is 44.2 Å². The molecule has 0 aliphatic heterocycles. The van der Waals surface area contributed by atoms with Crippen molar-refractivity contribution in [3.05, 3.63) is 53.6 Å². The number of rotatable bonds is 10. The minimum atomic E-state index is -0.712. The quantitative estimate of drug-likeness (QED) is 0.300. The van der Waals surface area contributed by atoms with Gasteiger partial charge in [-0.25, -0.2) is 4.79 Å². The van der Waals surface area contributed by atoms with Gasteiger partial charge in [0.1, 0.15) is 12.1 Å². The zero-order chi connectivity index (χ0) is 24.7. The maximum absolute atomic E-state index is 12.7. The molecule has 0 spiro atoms. The van der Waals surface area contributed by atoms with Crippen molar-refractivity contribution in [2.24, 2.45) is 17.4 Å². The topological polar surface area (TPSA) is 137 Å². The van der Waals surface area contributed by atoms with Gasteiger partial charge in [-0.3, -0.25) is 14.3 Å². The normalized spacial score (nSPS) is 14.7. The molecule has 1 fully saturated rings. The summed E-state index contributed by atoms with van der Waals surface area (Å²) in [5.41, 5.74) is 13.6. The Morgan fingerprint density at radius 1 is 1.06 bits per heavy atom. The molecule has 0 unspecified atom stereocenters. The monoisotopic (exact) mass is 484 g/mol. The molecule has 9 heteroatoms. The Labute approximate surface area is 204 Å². The van der Waals surface area contributed by atoms with Crippen molar-refractivity contribution in [2.45, 2.75) is 63.1 Å². The predicted octanol–water partition coefficient (Wildman–Crippen LogP) is 3.73. The predicted molar refractivity (Wildman–Crippen MR) is 133 cm³/mol. The van der Waals surface area contributed by atoms with E-state index >= 15 is 0 Å². The fourth-order valence-corrected chi connectivity index (χ4v) is 4.64. The van der Waals surface area contributed by atoms with E-state index < -0.39 is 11.9 Å². The number of hydrogen-bond donors (Lipinski definition) is 4. The summed E-state index contributed by atoms with van der Waals surface area (Å²) in [6, 6.07) is 12.0. The number of nitrogens with one attached hydrogen (secondary N) is 2. The van der Waals surface area contributed by atoms with Gasteiger partial charge in [-0.15, -0.1) is 0 Å². The highest BCUT2D eigenvalue weighted by Gasteiger charge is 2.27. The van der Waals surface area contributed by atoms with Crippen LogP contribution in [-0.4, -0.2) is 30.1 Å². The molecule has 0 radical (unpaired) electrons. The summed E-state index contributed by atoms with van der Waals surface area (Å²) in [4.78, 5) is 36.2. The van der Waals surface area contributed by atoms with Crippen molar-refractivity contribution in [2.75, 3.05) is 0 Å². The molecule has 0 aromatic heterocycles. The third-order valence-corrected chi connectivity index (χ3v) is 6.68. The van der Waals surface area contributed by atoms with Gasteiger partial charge in [-0.2, -0.15) is 0 Å². The number of nitrogens with two attached hydrogens (primary N) is 2. The molecule has 182 valence electrons. The van der Waals surface area contributed by atoms with Gasteiger partial charge in [-0.1, -0.05) is 38.1 Å². The van der Waals surface area contributed by atoms with Crippen molar-refractivity contribution in [3.63, 3.8) is 0 Å². The highest BCUT2D eigenvalue weighted by Crippen LogP contribution is 2.28. The number of amides is 3. The smallest absolute Gasteiger partial charge is 0.323 e. The van der Waals surface area contributed by atoms with Crippen LogP contribution in [0.1, 0.15) is 55.5 Å². The Morgan fingerprint density at radius 3 is 2.41 bits per heavy atom. The number of carbonyl (C=O) groups is 3. The molecule has 34 heavy (non-hydrogen) atoms. The van der Waals surface area contributed by atoms with Crippen LogP contribution in [0.3, 0.4) is 0 Å².